The van der Waals surface area contributed by atoms with Crippen LogP contribution >= 0.6 is 0 Å². The van der Waals surface area contributed by atoms with Crippen LogP contribution in [0, 0.1) is 0 Å². The summed E-state index contributed by atoms with van der Waals surface area (Å²) in [5, 5.41) is 0. The first-order valence-corrected chi connectivity index (χ1v) is 7.07. The van der Waals surface area contributed by atoms with E-state index < -0.39 is 0 Å². The molecule has 4 heteroatoms. The highest BCUT2D eigenvalue weighted by Gasteiger charge is 2.26. The lowest BCUT2D eigenvalue weighted by Crippen LogP contribution is -2.46. The van der Waals surface area contributed by atoms with Crippen LogP contribution in [0.2, 0.25) is 0 Å². The molecule has 1 aromatic rings. The molecular formula is C15H24N2O2. The molecule has 106 valence electrons. The van der Waals surface area contributed by atoms with Gasteiger partial charge in [0.1, 0.15) is 5.75 Å². The van der Waals surface area contributed by atoms with Gasteiger partial charge < -0.3 is 15.2 Å². The zero-order chi connectivity index (χ0) is 13.7. The van der Waals surface area contributed by atoms with Crippen molar-refractivity contribution < 1.29 is 9.47 Å². The molecule has 2 atom stereocenters. The average molecular weight is 264 g/mol. The lowest BCUT2D eigenvalue weighted by atomic mass is 10.0. The Morgan fingerprint density at radius 2 is 2.32 bits per heavy atom. The van der Waals surface area contributed by atoms with Crippen LogP contribution in [0.15, 0.2) is 24.3 Å². The molecule has 0 spiro atoms. The quantitative estimate of drug-likeness (QED) is 0.881. The number of morpholine rings is 1. The van der Waals surface area contributed by atoms with E-state index in [0.29, 0.717) is 6.61 Å². The molecule has 1 aliphatic rings. The Labute approximate surface area is 115 Å². The van der Waals surface area contributed by atoms with Gasteiger partial charge in [-0.3, -0.25) is 4.90 Å². The van der Waals surface area contributed by atoms with Gasteiger partial charge in [0.05, 0.1) is 25.4 Å². The lowest BCUT2D eigenvalue weighted by molar-refractivity contribution is -0.0392. The fourth-order valence-corrected chi connectivity index (χ4v) is 2.43. The molecule has 1 saturated heterocycles. The van der Waals surface area contributed by atoms with E-state index in [9.17, 15) is 0 Å². The molecule has 1 fully saturated rings. The van der Waals surface area contributed by atoms with Crippen molar-refractivity contribution in [2.24, 2.45) is 5.73 Å². The van der Waals surface area contributed by atoms with E-state index in [1.165, 1.54) is 0 Å². The molecule has 4 nitrogen and oxygen atoms in total. The maximum atomic E-state index is 6.34. The Morgan fingerprint density at radius 1 is 1.47 bits per heavy atom. The van der Waals surface area contributed by atoms with E-state index in [1.807, 2.05) is 31.2 Å². The van der Waals surface area contributed by atoms with Gasteiger partial charge >= 0.3 is 0 Å². The number of hydrogen-bond donors (Lipinski definition) is 1. The number of benzene rings is 1. The van der Waals surface area contributed by atoms with Gasteiger partial charge in [-0.25, -0.2) is 0 Å². The molecule has 2 rings (SSSR count). The predicted molar refractivity (Wildman–Crippen MR) is 76.4 cm³/mol. The molecule has 1 aliphatic heterocycles. The van der Waals surface area contributed by atoms with Crippen LogP contribution in [-0.4, -0.2) is 43.9 Å². The minimum atomic E-state index is -0.102. The largest absolute Gasteiger partial charge is 0.494 e. The molecule has 1 aromatic carbocycles. The number of likely N-dealkylation sites (N-methyl/N-ethyl adjacent to an activating group) is 1. The molecule has 19 heavy (non-hydrogen) atoms. The summed E-state index contributed by atoms with van der Waals surface area (Å²) < 4.78 is 11.3. The third-order valence-electron chi connectivity index (χ3n) is 3.58. The number of rotatable bonds is 5. The lowest BCUT2D eigenvalue weighted by Gasteiger charge is -2.35. The van der Waals surface area contributed by atoms with Crippen molar-refractivity contribution >= 4 is 0 Å². The molecule has 0 radical (unpaired) electrons. The first kappa shape index (κ1) is 14.3. The Kier molecular flexibility index (Phi) is 5.19. The van der Waals surface area contributed by atoms with Gasteiger partial charge in [0, 0.05) is 13.1 Å². The van der Waals surface area contributed by atoms with Crippen LogP contribution in [0.25, 0.3) is 0 Å². The highest BCUT2D eigenvalue weighted by molar-refractivity contribution is 5.31. The van der Waals surface area contributed by atoms with E-state index in [1.54, 1.807) is 0 Å². The fourth-order valence-electron chi connectivity index (χ4n) is 2.43. The van der Waals surface area contributed by atoms with Gasteiger partial charge in [-0.15, -0.1) is 0 Å². The topological polar surface area (TPSA) is 47.7 Å². The molecular weight excluding hydrogens is 240 g/mol. The summed E-state index contributed by atoms with van der Waals surface area (Å²) in [5.74, 6) is 0.874. The van der Waals surface area contributed by atoms with Crippen molar-refractivity contribution in [2.45, 2.75) is 26.0 Å². The Morgan fingerprint density at radius 3 is 3.05 bits per heavy atom. The number of nitrogens with two attached hydrogens (primary N) is 1. The van der Waals surface area contributed by atoms with Gasteiger partial charge in [-0.2, -0.15) is 0 Å². The van der Waals surface area contributed by atoms with E-state index >= 15 is 0 Å². The molecule has 1 heterocycles. The number of hydrogen-bond acceptors (Lipinski definition) is 4. The Hall–Kier alpha value is -1.10. The summed E-state index contributed by atoms with van der Waals surface area (Å²) in [7, 11) is 0. The third kappa shape index (κ3) is 3.69. The van der Waals surface area contributed by atoms with Crippen LogP contribution in [0.3, 0.4) is 0 Å². The van der Waals surface area contributed by atoms with Crippen LogP contribution in [0.5, 0.6) is 5.75 Å². The van der Waals surface area contributed by atoms with Gasteiger partial charge in [-0.05, 0) is 31.2 Å². The first-order chi connectivity index (χ1) is 9.24. The molecule has 2 unspecified atom stereocenters. The normalized spacial score (nSPS) is 22.2. The summed E-state index contributed by atoms with van der Waals surface area (Å²) >= 11 is 0. The summed E-state index contributed by atoms with van der Waals surface area (Å²) in [4.78, 5) is 2.38. The van der Waals surface area contributed by atoms with Gasteiger partial charge in [0.15, 0.2) is 0 Å². The van der Waals surface area contributed by atoms with Gasteiger partial charge in [-0.1, -0.05) is 19.1 Å². The van der Waals surface area contributed by atoms with Gasteiger partial charge in [0.25, 0.3) is 0 Å². The molecule has 0 bridgehead atoms. The van der Waals surface area contributed by atoms with Crippen molar-refractivity contribution in [3.05, 3.63) is 29.8 Å². The summed E-state index contributed by atoms with van der Waals surface area (Å²) in [6.45, 7) is 8.53. The van der Waals surface area contributed by atoms with Gasteiger partial charge in [0.2, 0.25) is 0 Å². The smallest absolute Gasteiger partial charge is 0.119 e. The zero-order valence-electron chi connectivity index (χ0n) is 11.8. The minimum absolute atomic E-state index is 0.0607. The summed E-state index contributed by atoms with van der Waals surface area (Å²) in [6, 6.07) is 7.90. The van der Waals surface area contributed by atoms with Crippen molar-refractivity contribution in [1.29, 1.82) is 0 Å². The van der Waals surface area contributed by atoms with Crippen molar-refractivity contribution in [1.82, 2.24) is 4.90 Å². The van der Waals surface area contributed by atoms with Crippen molar-refractivity contribution in [2.75, 3.05) is 32.8 Å². The molecule has 0 amide bonds. The third-order valence-corrected chi connectivity index (χ3v) is 3.58. The number of ether oxygens (including phenoxy) is 2. The van der Waals surface area contributed by atoms with E-state index in [-0.39, 0.29) is 12.1 Å². The SMILES string of the molecule is CCOc1cccc(C(N)C2CN(CC)CCO2)c1. The minimum Gasteiger partial charge on any atom is -0.494 e. The average Bonchev–Trinajstić information content (AvgIpc) is 2.47. The zero-order valence-corrected chi connectivity index (χ0v) is 11.8. The maximum absolute atomic E-state index is 6.34. The van der Waals surface area contributed by atoms with Crippen LogP contribution < -0.4 is 10.5 Å². The Bertz CT molecular complexity index is 397. The highest BCUT2D eigenvalue weighted by atomic mass is 16.5. The molecule has 2 N–H and O–H groups in total. The van der Waals surface area contributed by atoms with Crippen LogP contribution in [-0.2, 0) is 4.74 Å². The van der Waals surface area contributed by atoms with Crippen LogP contribution in [0.1, 0.15) is 25.5 Å². The number of nitrogens with zero attached hydrogens (tertiary/aromatic N) is 1. The van der Waals surface area contributed by atoms with E-state index in [0.717, 1.165) is 37.6 Å². The summed E-state index contributed by atoms with van der Waals surface area (Å²) in [5.41, 5.74) is 7.42. The van der Waals surface area contributed by atoms with E-state index in [4.69, 9.17) is 15.2 Å². The Balaban J connectivity index is 2.05. The second-order valence-corrected chi connectivity index (χ2v) is 4.83. The van der Waals surface area contributed by atoms with E-state index in [2.05, 4.69) is 11.8 Å². The summed E-state index contributed by atoms with van der Waals surface area (Å²) in [6.07, 6.45) is 0.0607. The highest BCUT2D eigenvalue weighted by Crippen LogP contribution is 2.23. The van der Waals surface area contributed by atoms with Crippen molar-refractivity contribution in [3.63, 3.8) is 0 Å². The first-order valence-electron chi connectivity index (χ1n) is 7.07. The second-order valence-electron chi connectivity index (χ2n) is 4.83. The maximum Gasteiger partial charge on any atom is 0.119 e. The fraction of sp³-hybridized carbons (Fsp3) is 0.600. The predicted octanol–water partition coefficient (Wildman–Crippen LogP) is 1.81. The van der Waals surface area contributed by atoms with Crippen LogP contribution in [0.4, 0.5) is 0 Å². The molecule has 0 aromatic heterocycles. The second kappa shape index (κ2) is 6.89. The van der Waals surface area contributed by atoms with Crippen molar-refractivity contribution in [3.8, 4) is 5.75 Å². The molecule has 0 saturated carbocycles. The molecule has 0 aliphatic carbocycles. The monoisotopic (exact) mass is 264 g/mol. The standard InChI is InChI=1S/C15H24N2O2/c1-3-17-8-9-19-14(11-17)15(16)12-6-5-7-13(10-12)18-4-2/h5-7,10,14-15H,3-4,8-9,11,16H2,1-2H3.